The lowest BCUT2D eigenvalue weighted by molar-refractivity contribution is -0.184. The molecular weight excluding hydrogens is 263 g/mol. The molecule has 4 nitrogen and oxygen atoms in total. The second-order valence-corrected chi connectivity index (χ2v) is 3.43. The van der Waals surface area contributed by atoms with Gasteiger partial charge in [0.1, 0.15) is 5.75 Å². The predicted octanol–water partition coefficient (Wildman–Crippen LogP) is 2.27. The topological polar surface area (TPSA) is 58.6 Å². The van der Waals surface area contributed by atoms with E-state index in [0.29, 0.717) is 0 Å². The van der Waals surface area contributed by atoms with E-state index in [9.17, 15) is 23.1 Å². The molecule has 0 atom stereocenters. The summed E-state index contributed by atoms with van der Waals surface area (Å²) in [6.45, 7) is -1.62. The highest BCUT2D eigenvalue weighted by Gasteiger charge is 2.28. The fourth-order valence-electron chi connectivity index (χ4n) is 0.929. The summed E-state index contributed by atoms with van der Waals surface area (Å²) in [5, 5.41) is 9.42. The molecule has 1 rings (SSSR count). The molecule has 0 radical (unpaired) electrons. The number of benzene rings is 1. The van der Waals surface area contributed by atoms with Gasteiger partial charge in [-0.15, -0.1) is 0 Å². The highest BCUT2D eigenvalue weighted by molar-refractivity contribution is 6.31. The molecule has 8 heteroatoms. The molecule has 0 aromatic heterocycles. The fraction of sp³-hybridized carbons (Fsp3) is 0.222. The van der Waals surface area contributed by atoms with Crippen molar-refractivity contribution < 1.29 is 27.9 Å². The number of hydroxylamine groups is 1. The van der Waals surface area contributed by atoms with Crippen LogP contribution in [0.4, 0.5) is 13.2 Å². The summed E-state index contributed by atoms with van der Waals surface area (Å²) in [5.41, 5.74) is 1.27. The lowest BCUT2D eigenvalue weighted by atomic mass is 10.2. The lowest BCUT2D eigenvalue weighted by Crippen LogP contribution is -2.29. The highest BCUT2D eigenvalue weighted by Crippen LogP contribution is 2.21. The van der Waals surface area contributed by atoms with Crippen LogP contribution in [-0.4, -0.2) is 23.8 Å². The molecule has 0 heterocycles. The normalized spacial score (nSPS) is 11.3. The zero-order valence-corrected chi connectivity index (χ0v) is 8.97. The minimum atomic E-state index is -4.55. The van der Waals surface area contributed by atoms with E-state index in [1.807, 2.05) is 0 Å². The molecule has 0 bridgehead atoms. The van der Waals surface area contributed by atoms with Gasteiger partial charge in [-0.1, -0.05) is 11.6 Å². The Labute approximate surface area is 98.9 Å². The van der Waals surface area contributed by atoms with Gasteiger partial charge in [-0.25, -0.2) is 5.48 Å². The molecule has 0 saturated heterocycles. The van der Waals surface area contributed by atoms with Gasteiger partial charge in [0.2, 0.25) is 0 Å². The standard InChI is InChI=1S/C9H7ClF3NO3/c10-5-1-2-7(15)6(3-5)8(16)14-17-4-9(11,12)13/h1-3,15H,4H2,(H,14,16). The minimum Gasteiger partial charge on any atom is -0.507 e. The van der Waals surface area contributed by atoms with Gasteiger partial charge in [0.05, 0.1) is 5.56 Å². The molecular formula is C9H7ClF3NO3. The number of carbonyl (C=O) groups is 1. The van der Waals surface area contributed by atoms with Gasteiger partial charge < -0.3 is 5.11 Å². The van der Waals surface area contributed by atoms with E-state index in [0.717, 1.165) is 12.1 Å². The van der Waals surface area contributed by atoms with E-state index in [1.165, 1.54) is 6.07 Å². The van der Waals surface area contributed by atoms with Crippen LogP contribution in [0.25, 0.3) is 0 Å². The number of phenolic OH excluding ortho intramolecular Hbond substituents is 1. The summed E-state index contributed by atoms with van der Waals surface area (Å²) in [4.78, 5) is 15.2. The van der Waals surface area contributed by atoms with E-state index in [1.54, 1.807) is 5.48 Å². The van der Waals surface area contributed by atoms with Crippen LogP contribution in [0.2, 0.25) is 5.02 Å². The molecule has 0 aliphatic carbocycles. The van der Waals surface area contributed by atoms with Gasteiger partial charge in [-0.3, -0.25) is 9.63 Å². The third kappa shape index (κ3) is 4.49. The Bertz CT molecular complexity index is 422. The molecule has 0 aliphatic rings. The number of hydrogen-bond acceptors (Lipinski definition) is 3. The first-order valence-corrected chi connectivity index (χ1v) is 4.65. The summed E-state index contributed by atoms with van der Waals surface area (Å²) in [6.07, 6.45) is -4.55. The Morgan fingerprint density at radius 3 is 2.71 bits per heavy atom. The van der Waals surface area contributed by atoms with Crippen LogP contribution in [0.1, 0.15) is 10.4 Å². The van der Waals surface area contributed by atoms with Crippen LogP contribution in [0.15, 0.2) is 18.2 Å². The first-order chi connectivity index (χ1) is 7.79. The maximum Gasteiger partial charge on any atom is 0.414 e. The van der Waals surface area contributed by atoms with Gasteiger partial charge in [0.25, 0.3) is 5.91 Å². The number of phenols is 1. The van der Waals surface area contributed by atoms with Crippen molar-refractivity contribution in [1.82, 2.24) is 5.48 Å². The molecule has 0 fully saturated rings. The zero-order valence-electron chi connectivity index (χ0n) is 8.21. The number of alkyl halides is 3. The Hall–Kier alpha value is -1.47. The second kappa shape index (κ2) is 5.24. The van der Waals surface area contributed by atoms with Crippen LogP contribution in [-0.2, 0) is 4.84 Å². The first kappa shape index (κ1) is 13.6. The van der Waals surface area contributed by atoms with Crippen molar-refractivity contribution >= 4 is 17.5 Å². The summed E-state index contributed by atoms with van der Waals surface area (Å²) < 4.78 is 35.1. The van der Waals surface area contributed by atoms with Gasteiger partial charge in [0, 0.05) is 5.02 Å². The Kier molecular flexibility index (Phi) is 4.19. The van der Waals surface area contributed by atoms with Crippen molar-refractivity contribution in [3.05, 3.63) is 28.8 Å². The van der Waals surface area contributed by atoms with Gasteiger partial charge in [-0.2, -0.15) is 13.2 Å². The molecule has 17 heavy (non-hydrogen) atoms. The third-order valence-electron chi connectivity index (χ3n) is 1.60. The number of carbonyl (C=O) groups excluding carboxylic acids is 1. The third-order valence-corrected chi connectivity index (χ3v) is 1.84. The van der Waals surface area contributed by atoms with Crippen LogP contribution in [0, 0.1) is 0 Å². The number of nitrogens with one attached hydrogen (secondary N) is 1. The molecule has 0 spiro atoms. The largest absolute Gasteiger partial charge is 0.507 e. The summed E-state index contributed by atoms with van der Waals surface area (Å²) >= 11 is 5.56. The Balaban J connectivity index is 2.61. The fourth-order valence-corrected chi connectivity index (χ4v) is 1.10. The van der Waals surface area contributed by atoms with Crippen LogP contribution in [0.5, 0.6) is 5.75 Å². The van der Waals surface area contributed by atoms with Gasteiger partial charge in [-0.05, 0) is 18.2 Å². The SMILES string of the molecule is O=C(NOCC(F)(F)F)c1cc(Cl)ccc1O. The molecule has 0 unspecified atom stereocenters. The van der Waals surface area contributed by atoms with E-state index in [-0.39, 0.29) is 10.6 Å². The number of halogens is 4. The van der Waals surface area contributed by atoms with Crippen molar-refractivity contribution in [3.8, 4) is 5.75 Å². The maximum absolute atomic E-state index is 11.7. The van der Waals surface area contributed by atoms with Crippen molar-refractivity contribution in [2.75, 3.05) is 6.61 Å². The molecule has 1 aromatic carbocycles. The summed E-state index contributed by atoms with van der Waals surface area (Å²) in [7, 11) is 0. The molecule has 1 aromatic rings. The van der Waals surface area contributed by atoms with Gasteiger partial charge >= 0.3 is 6.18 Å². The Morgan fingerprint density at radius 1 is 1.47 bits per heavy atom. The predicted molar refractivity (Wildman–Crippen MR) is 52.6 cm³/mol. The first-order valence-electron chi connectivity index (χ1n) is 4.27. The number of hydrogen-bond donors (Lipinski definition) is 2. The zero-order chi connectivity index (χ0) is 13.1. The van der Waals surface area contributed by atoms with E-state index < -0.39 is 24.4 Å². The summed E-state index contributed by atoms with van der Waals surface area (Å²) in [5.74, 6) is -1.43. The molecule has 94 valence electrons. The minimum absolute atomic E-state index is 0.156. The smallest absolute Gasteiger partial charge is 0.414 e. The van der Waals surface area contributed by atoms with E-state index in [4.69, 9.17) is 11.6 Å². The Morgan fingerprint density at radius 2 is 2.12 bits per heavy atom. The average Bonchev–Trinajstić information content (AvgIpc) is 2.19. The van der Waals surface area contributed by atoms with Crippen molar-refractivity contribution in [2.24, 2.45) is 0 Å². The maximum atomic E-state index is 11.7. The van der Waals surface area contributed by atoms with Crippen LogP contribution in [0.3, 0.4) is 0 Å². The van der Waals surface area contributed by atoms with E-state index in [2.05, 4.69) is 4.84 Å². The van der Waals surface area contributed by atoms with Crippen molar-refractivity contribution in [3.63, 3.8) is 0 Å². The summed E-state index contributed by atoms with van der Waals surface area (Å²) in [6, 6.07) is 3.56. The molecule has 0 saturated carbocycles. The average molecular weight is 270 g/mol. The molecule has 1 amide bonds. The van der Waals surface area contributed by atoms with Crippen LogP contribution >= 0.6 is 11.6 Å². The monoisotopic (exact) mass is 269 g/mol. The quantitative estimate of drug-likeness (QED) is 0.828. The number of rotatable bonds is 3. The van der Waals surface area contributed by atoms with Crippen LogP contribution < -0.4 is 5.48 Å². The number of aromatic hydroxyl groups is 1. The number of amides is 1. The highest BCUT2D eigenvalue weighted by atomic mass is 35.5. The van der Waals surface area contributed by atoms with Crippen molar-refractivity contribution in [2.45, 2.75) is 6.18 Å². The van der Waals surface area contributed by atoms with Crippen molar-refractivity contribution in [1.29, 1.82) is 0 Å². The van der Waals surface area contributed by atoms with Gasteiger partial charge in [0.15, 0.2) is 6.61 Å². The van der Waals surface area contributed by atoms with E-state index >= 15 is 0 Å². The molecule has 0 aliphatic heterocycles. The molecule has 2 N–H and O–H groups in total. The lowest BCUT2D eigenvalue weighted by Gasteiger charge is -2.09. The second-order valence-electron chi connectivity index (χ2n) is 3.00.